The Balaban J connectivity index is 2.05. The SMILES string of the molecule is CC(C)C(NC(=O)c1ccc(F)cc1)C(=O)N/N=C/c1ccc(Br)c([N+](=O)[O-])c1. The molecule has 0 heterocycles. The first-order valence-corrected chi connectivity index (χ1v) is 9.31. The van der Waals surface area contributed by atoms with Crippen LogP contribution < -0.4 is 10.7 Å². The third-order valence-electron chi connectivity index (χ3n) is 3.90. The van der Waals surface area contributed by atoms with Crippen molar-refractivity contribution in [3.8, 4) is 0 Å². The number of amides is 2. The quantitative estimate of drug-likeness (QED) is 0.371. The molecule has 0 aromatic heterocycles. The zero-order chi connectivity index (χ0) is 21.6. The highest BCUT2D eigenvalue weighted by Gasteiger charge is 2.24. The Morgan fingerprint density at radius 2 is 1.86 bits per heavy atom. The number of carbonyl (C=O) groups is 2. The van der Waals surface area contributed by atoms with Crippen molar-refractivity contribution in [2.75, 3.05) is 0 Å². The zero-order valence-corrected chi connectivity index (χ0v) is 17.1. The number of hydrogen-bond donors (Lipinski definition) is 2. The molecule has 0 radical (unpaired) electrons. The summed E-state index contributed by atoms with van der Waals surface area (Å²) < 4.78 is 13.3. The van der Waals surface area contributed by atoms with E-state index < -0.39 is 28.6 Å². The van der Waals surface area contributed by atoms with E-state index in [1.54, 1.807) is 19.9 Å². The minimum Gasteiger partial charge on any atom is -0.340 e. The van der Waals surface area contributed by atoms with E-state index in [-0.39, 0.29) is 17.2 Å². The second-order valence-electron chi connectivity index (χ2n) is 6.40. The number of benzene rings is 2. The number of nitro benzene ring substituents is 1. The minimum absolute atomic E-state index is 0.133. The van der Waals surface area contributed by atoms with Crippen molar-refractivity contribution in [1.29, 1.82) is 0 Å². The van der Waals surface area contributed by atoms with E-state index in [0.717, 1.165) is 12.1 Å². The predicted octanol–water partition coefficient (Wildman–Crippen LogP) is 3.40. The molecule has 2 aromatic rings. The fourth-order valence-corrected chi connectivity index (χ4v) is 2.74. The predicted molar refractivity (Wildman–Crippen MR) is 109 cm³/mol. The first-order chi connectivity index (χ1) is 13.7. The summed E-state index contributed by atoms with van der Waals surface area (Å²) in [5.41, 5.74) is 2.82. The van der Waals surface area contributed by atoms with Gasteiger partial charge < -0.3 is 5.32 Å². The molecule has 10 heteroatoms. The van der Waals surface area contributed by atoms with Gasteiger partial charge in [-0.2, -0.15) is 5.10 Å². The number of hydrazone groups is 1. The van der Waals surface area contributed by atoms with Crippen LogP contribution in [0.25, 0.3) is 0 Å². The molecule has 2 amide bonds. The van der Waals surface area contributed by atoms with Gasteiger partial charge in [0.05, 0.1) is 15.6 Å². The molecule has 2 aromatic carbocycles. The van der Waals surface area contributed by atoms with Gasteiger partial charge in [-0.25, -0.2) is 9.82 Å². The standard InChI is InChI=1S/C19H18BrFN4O4/c1-11(2)17(23-18(26)13-4-6-14(21)7-5-13)19(27)24-22-10-12-3-8-15(20)16(9-12)25(28)29/h3-11,17H,1-2H3,(H,23,26)(H,24,27)/b22-10+. The molecule has 0 bridgehead atoms. The van der Waals surface area contributed by atoms with Crippen LogP contribution in [0.15, 0.2) is 52.0 Å². The lowest BCUT2D eigenvalue weighted by molar-refractivity contribution is -0.385. The maximum absolute atomic E-state index is 13.0. The number of nitrogens with zero attached hydrogens (tertiary/aromatic N) is 2. The van der Waals surface area contributed by atoms with Crippen LogP contribution in [0, 0.1) is 21.8 Å². The van der Waals surface area contributed by atoms with E-state index in [9.17, 15) is 24.1 Å². The van der Waals surface area contributed by atoms with Gasteiger partial charge in [-0.1, -0.05) is 19.9 Å². The zero-order valence-electron chi connectivity index (χ0n) is 15.6. The minimum atomic E-state index is -0.885. The highest BCUT2D eigenvalue weighted by atomic mass is 79.9. The molecule has 0 aliphatic heterocycles. The number of rotatable bonds is 7. The molecule has 2 N–H and O–H groups in total. The Labute approximate surface area is 174 Å². The number of hydrogen-bond acceptors (Lipinski definition) is 5. The topological polar surface area (TPSA) is 114 Å². The molecule has 0 aliphatic rings. The van der Waals surface area contributed by atoms with Crippen LogP contribution in [-0.4, -0.2) is 29.0 Å². The van der Waals surface area contributed by atoms with E-state index in [2.05, 4.69) is 31.8 Å². The molecule has 1 unspecified atom stereocenters. The lowest BCUT2D eigenvalue weighted by Crippen LogP contribution is -2.48. The second-order valence-corrected chi connectivity index (χ2v) is 7.26. The summed E-state index contributed by atoms with van der Waals surface area (Å²) in [5, 5.41) is 17.4. The molecular weight excluding hydrogens is 447 g/mol. The van der Waals surface area contributed by atoms with Gasteiger partial charge in [-0.05, 0) is 52.2 Å². The van der Waals surface area contributed by atoms with Crippen LogP contribution >= 0.6 is 15.9 Å². The molecule has 0 aliphatic carbocycles. The summed E-state index contributed by atoms with van der Waals surface area (Å²) in [6.07, 6.45) is 1.26. The first-order valence-electron chi connectivity index (χ1n) is 8.52. The molecule has 8 nitrogen and oxygen atoms in total. The van der Waals surface area contributed by atoms with Crippen LogP contribution in [0.1, 0.15) is 29.8 Å². The lowest BCUT2D eigenvalue weighted by Gasteiger charge is -2.20. The number of nitrogens with one attached hydrogen (secondary N) is 2. The summed E-state index contributed by atoms with van der Waals surface area (Å²) >= 11 is 3.09. The van der Waals surface area contributed by atoms with Crippen LogP contribution in [0.3, 0.4) is 0 Å². The lowest BCUT2D eigenvalue weighted by atomic mass is 10.0. The van der Waals surface area contributed by atoms with Crippen LogP contribution in [0.4, 0.5) is 10.1 Å². The average Bonchev–Trinajstić information content (AvgIpc) is 2.67. The summed E-state index contributed by atoms with van der Waals surface area (Å²) in [7, 11) is 0. The second kappa shape index (κ2) is 9.87. The third kappa shape index (κ3) is 6.18. The van der Waals surface area contributed by atoms with Crippen molar-refractivity contribution in [3.05, 3.63) is 74.0 Å². The monoisotopic (exact) mass is 464 g/mol. The van der Waals surface area contributed by atoms with Crippen LogP contribution in [0.5, 0.6) is 0 Å². The molecule has 0 saturated carbocycles. The molecular formula is C19H18BrFN4O4. The smallest absolute Gasteiger partial charge is 0.284 e. The Bertz CT molecular complexity index is 948. The summed E-state index contributed by atoms with van der Waals surface area (Å²) in [5.74, 6) is -1.80. The van der Waals surface area contributed by atoms with E-state index in [1.165, 1.54) is 30.5 Å². The largest absolute Gasteiger partial charge is 0.340 e. The molecule has 0 saturated heterocycles. The van der Waals surface area contributed by atoms with Crippen molar-refractivity contribution in [2.24, 2.45) is 11.0 Å². The van der Waals surface area contributed by atoms with E-state index >= 15 is 0 Å². The van der Waals surface area contributed by atoms with Crippen molar-refractivity contribution in [3.63, 3.8) is 0 Å². The van der Waals surface area contributed by atoms with Crippen LogP contribution in [-0.2, 0) is 4.79 Å². The van der Waals surface area contributed by atoms with Crippen LogP contribution in [0.2, 0.25) is 0 Å². The van der Waals surface area contributed by atoms with E-state index in [4.69, 9.17) is 0 Å². The van der Waals surface area contributed by atoms with Crippen molar-refractivity contribution in [2.45, 2.75) is 19.9 Å². The first kappa shape index (κ1) is 22.2. The van der Waals surface area contributed by atoms with Crippen molar-refractivity contribution >= 4 is 39.6 Å². The molecule has 2 rings (SSSR count). The van der Waals surface area contributed by atoms with Gasteiger partial charge >= 0.3 is 0 Å². The summed E-state index contributed by atoms with van der Waals surface area (Å²) in [6.45, 7) is 3.49. The molecule has 152 valence electrons. The Hall–Kier alpha value is -3.14. The highest BCUT2D eigenvalue weighted by molar-refractivity contribution is 9.10. The van der Waals surface area contributed by atoms with Gasteiger partial charge in [-0.15, -0.1) is 0 Å². The van der Waals surface area contributed by atoms with Gasteiger partial charge in [0.15, 0.2) is 0 Å². The Morgan fingerprint density at radius 3 is 2.45 bits per heavy atom. The van der Waals surface area contributed by atoms with Gasteiger partial charge in [0, 0.05) is 17.2 Å². The fourth-order valence-electron chi connectivity index (χ4n) is 2.35. The van der Waals surface area contributed by atoms with Gasteiger partial charge in [0.2, 0.25) is 0 Å². The molecule has 0 spiro atoms. The normalized spacial score (nSPS) is 12.0. The molecule has 1 atom stereocenters. The maximum Gasteiger partial charge on any atom is 0.284 e. The molecule has 29 heavy (non-hydrogen) atoms. The Kier molecular flexibility index (Phi) is 7.54. The number of halogens is 2. The third-order valence-corrected chi connectivity index (χ3v) is 4.57. The molecule has 0 fully saturated rings. The van der Waals surface area contributed by atoms with Gasteiger partial charge in [0.1, 0.15) is 11.9 Å². The number of carbonyl (C=O) groups excluding carboxylic acids is 2. The van der Waals surface area contributed by atoms with Crippen molar-refractivity contribution in [1.82, 2.24) is 10.7 Å². The van der Waals surface area contributed by atoms with Gasteiger partial charge in [-0.3, -0.25) is 19.7 Å². The maximum atomic E-state index is 13.0. The number of nitro groups is 1. The van der Waals surface area contributed by atoms with Gasteiger partial charge in [0.25, 0.3) is 17.5 Å². The summed E-state index contributed by atoms with van der Waals surface area (Å²) in [6, 6.07) is 8.45. The average molecular weight is 465 g/mol. The van der Waals surface area contributed by atoms with E-state index in [0.29, 0.717) is 10.0 Å². The van der Waals surface area contributed by atoms with E-state index in [1.807, 2.05) is 0 Å². The summed E-state index contributed by atoms with van der Waals surface area (Å²) in [4.78, 5) is 35.1. The Morgan fingerprint density at radius 1 is 1.21 bits per heavy atom. The van der Waals surface area contributed by atoms with Crippen molar-refractivity contribution < 1.29 is 18.9 Å². The fraction of sp³-hybridized carbons (Fsp3) is 0.211. The highest BCUT2D eigenvalue weighted by Crippen LogP contribution is 2.24.